The lowest BCUT2D eigenvalue weighted by atomic mass is 9.63. The highest BCUT2D eigenvalue weighted by Gasteiger charge is 2.47. The number of H-pyrrole nitrogens is 1. The molecule has 3 rings (SSSR count). The van der Waals surface area contributed by atoms with Gasteiger partial charge in [-0.25, -0.2) is 4.98 Å². The van der Waals surface area contributed by atoms with Gasteiger partial charge in [0, 0.05) is 7.05 Å². The zero-order valence-corrected chi connectivity index (χ0v) is 12.5. The largest absolute Gasteiger partial charge is 0.337 e. The van der Waals surface area contributed by atoms with E-state index < -0.39 is 0 Å². The van der Waals surface area contributed by atoms with Crippen LogP contribution in [0.3, 0.4) is 0 Å². The molecule has 1 aliphatic carbocycles. The SMILES string of the molecule is Cc1cccc(C2(C(=O)N(C)Cc3ncn[nH]3)CCC2)c1. The zero-order valence-electron chi connectivity index (χ0n) is 12.5. The number of aryl methyl sites for hydroxylation is 1. The summed E-state index contributed by atoms with van der Waals surface area (Å²) < 4.78 is 0. The van der Waals surface area contributed by atoms with E-state index in [2.05, 4.69) is 40.3 Å². The second-order valence-corrected chi connectivity index (χ2v) is 5.90. The Balaban J connectivity index is 1.83. The van der Waals surface area contributed by atoms with E-state index in [4.69, 9.17) is 0 Å². The summed E-state index contributed by atoms with van der Waals surface area (Å²) in [5, 5.41) is 6.63. The van der Waals surface area contributed by atoms with Crippen LogP contribution in [-0.4, -0.2) is 33.0 Å². The minimum atomic E-state index is -0.346. The second-order valence-electron chi connectivity index (χ2n) is 5.90. The molecule has 5 heteroatoms. The van der Waals surface area contributed by atoms with Gasteiger partial charge in [0.15, 0.2) is 0 Å². The highest BCUT2D eigenvalue weighted by atomic mass is 16.2. The number of aromatic amines is 1. The number of rotatable bonds is 4. The average molecular weight is 284 g/mol. The van der Waals surface area contributed by atoms with Gasteiger partial charge in [0.2, 0.25) is 5.91 Å². The monoisotopic (exact) mass is 284 g/mol. The van der Waals surface area contributed by atoms with E-state index >= 15 is 0 Å². The molecule has 0 saturated heterocycles. The van der Waals surface area contributed by atoms with Crippen LogP contribution in [0.25, 0.3) is 0 Å². The van der Waals surface area contributed by atoms with Gasteiger partial charge in [-0.15, -0.1) is 0 Å². The molecule has 1 fully saturated rings. The lowest BCUT2D eigenvalue weighted by Crippen LogP contribution is -2.49. The predicted octanol–water partition coefficient (Wildman–Crippen LogP) is 2.19. The highest BCUT2D eigenvalue weighted by Crippen LogP contribution is 2.45. The summed E-state index contributed by atoms with van der Waals surface area (Å²) in [6, 6.07) is 8.32. The van der Waals surface area contributed by atoms with Gasteiger partial charge in [0.05, 0.1) is 12.0 Å². The third-order valence-corrected chi connectivity index (χ3v) is 4.39. The summed E-state index contributed by atoms with van der Waals surface area (Å²) >= 11 is 0. The molecule has 5 nitrogen and oxygen atoms in total. The lowest BCUT2D eigenvalue weighted by Gasteiger charge is -2.43. The van der Waals surface area contributed by atoms with Crippen LogP contribution in [0, 0.1) is 6.92 Å². The first-order chi connectivity index (χ1) is 10.1. The first-order valence-electron chi connectivity index (χ1n) is 7.29. The molecule has 0 aliphatic heterocycles. The standard InChI is InChI=1S/C16H20N4O/c1-12-5-3-6-13(9-12)16(7-4-8-16)15(21)20(2)10-14-17-11-18-19-14/h3,5-6,9,11H,4,7-8,10H2,1-2H3,(H,17,18,19). The molecule has 1 aliphatic rings. The predicted molar refractivity (Wildman–Crippen MR) is 79.6 cm³/mol. The van der Waals surface area contributed by atoms with Crippen LogP contribution >= 0.6 is 0 Å². The number of carbonyl (C=O) groups excluding carboxylic acids is 1. The van der Waals surface area contributed by atoms with Crippen LogP contribution < -0.4 is 0 Å². The second kappa shape index (κ2) is 5.31. The zero-order chi connectivity index (χ0) is 14.9. The fourth-order valence-electron chi connectivity index (χ4n) is 3.07. The van der Waals surface area contributed by atoms with E-state index in [1.807, 2.05) is 13.1 Å². The van der Waals surface area contributed by atoms with Crippen molar-refractivity contribution in [3.63, 3.8) is 0 Å². The Kier molecular flexibility index (Phi) is 3.49. The van der Waals surface area contributed by atoms with Crippen molar-refractivity contribution in [1.29, 1.82) is 0 Å². The van der Waals surface area contributed by atoms with Crippen molar-refractivity contribution >= 4 is 5.91 Å². The molecule has 1 amide bonds. The fourth-order valence-corrected chi connectivity index (χ4v) is 3.07. The Labute approximate surface area is 124 Å². The molecule has 0 radical (unpaired) electrons. The molecule has 0 atom stereocenters. The summed E-state index contributed by atoms with van der Waals surface area (Å²) in [5.41, 5.74) is 1.99. The number of amides is 1. The quantitative estimate of drug-likeness (QED) is 0.936. The molecule has 1 heterocycles. The summed E-state index contributed by atoms with van der Waals surface area (Å²) in [6.07, 6.45) is 4.43. The van der Waals surface area contributed by atoms with Crippen molar-refractivity contribution in [2.75, 3.05) is 7.05 Å². The van der Waals surface area contributed by atoms with E-state index in [1.165, 1.54) is 11.9 Å². The first kappa shape index (κ1) is 13.8. The fraction of sp³-hybridized carbons (Fsp3) is 0.438. The number of likely N-dealkylation sites (N-methyl/N-ethyl adjacent to an activating group) is 1. The molecule has 0 unspecified atom stereocenters. The Morgan fingerprint density at radius 1 is 1.43 bits per heavy atom. The molecular formula is C16H20N4O. The Morgan fingerprint density at radius 2 is 2.24 bits per heavy atom. The van der Waals surface area contributed by atoms with E-state index in [-0.39, 0.29) is 11.3 Å². The van der Waals surface area contributed by atoms with Crippen molar-refractivity contribution in [1.82, 2.24) is 20.1 Å². The van der Waals surface area contributed by atoms with Crippen LogP contribution in [0.1, 0.15) is 36.2 Å². The summed E-state index contributed by atoms with van der Waals surface area (Å²) in [4.78, 5) is 18.8. The highest BCUT2D eigenvalue weighted by molar-refractivity contribution is 5.89. The maximum Gasteiger partial charge on any atom is 0.233 e. The minimum absolute atomic E-state index is 0.177. The molecule has 1 aromatic carbocycles. The van der Waals surface area contributed by atoms with Crippen molar-refractivity contribution in [3.05, 3.63) is 47.5 Å². The third-order valence-electron chi connectivity index (χ3n) is 4.39. The number of benzene rings is 1. The van der Waals surface area contributed by atoms with Gasteiger partial charge in [0.25, 0.3) is 0 Å². The van der Waals surface area contributed by atoms with Crippen LogP contribution in [-0.2, 0) is 16.8 Å². The molecule has 21 heavy (non-hydrogen) atoms. The molecule has 110 valence electrons. The van der Waals surface area contributed by atoms with Gasteiger partial charge < -0.3 is 4.90 Å². The number of hydrogen-bond donors (Lipinski definition) is 1. The van der Waals surface area contributed by atoms with Gasteiger partial charge in [0.1, 0.15) is 12.2 Å². The molecule has 0 spiro atoms. The van der Waals surface area contributed by atoms with Crippen molar-refractivity contribution < 1.29 is 4.79 Å². The first-order valence-corrected chi connectivity index (χ1v) is 7.29. The summed E-state index contributed by atoms with van der Waals surface area (Å²) in [7, 11) is 1.83. The van der Waals surface area contributed by atoms with Crippen molar-refractivity contribution in [3.8, 4) is 0 Å². The molecule has 2 aromatic rings. The van der Waals surface area contributed by atoms with Gasteiger partial charge in [-0.3, -0.25) is 9.89 Å². The van der Waals surface area contributed by atoms with Crippen LogP contribution in [0.4, 0.5) is 0 Å². The van der Waals surface area contributed by atoms with Gasteiger partial charge >= 0.3 is 0 Å². The maximum absolute atomic E-state index is 12.9. The Bertz CT molecular complexity index is 631. The molecule has 0 bridgehead atoms. The number of nitrogens with zero attached hydrogens (tertiary/aromatic N) is 3. The number of hydrogen-bond acceptors (Lipinski definition) is 3. The number of carbonyl (C=O) groups is 1. The van der Waals surface area contributed by atoms with E-state index in [1.54, 1.807) is 4.90 Å². The smallest absolute Gasteiger partial charge is 0.233 e. The van der Waals surface area contributed by atoms with E-state index in [0.717, 1.165) is 24.8 Å². The van der Waals surface area contributed by atoms with Crippen molar-refractivity contribution in [2.24, 2.45) is 0 Å². The molecule has 1 saturated carbocycles. The van der Waals surface area contributed by atoms with Crippen molar-refractivity contribution in [2.45, 2.75) is 38.1 Å². The number of aromatic nitrogens is 3. The summed E-state index contributed by atoms with van der Waals surface area (Å²) in [6.45, 7) is 2.53. The normalized spacial score (nSPS) is 16.3. The molecular weight excluding hydrogens is 264 g/mol. The lowest BCUT2D eigenvalue weighted by molar-refractivity contribution is -0.140. The average Bonchev–Trinajstić information content (AvgIpc) is 2.90. The van der Waals surface area contributed by atoms with E-state index in [0.29, 0.717) is 12.4 Å². The summed E-state index contributed by atoms with van der Waals surface area (Å²) in [5.74, 6) is 0.889. The van der Waals surface area contributed by atoms with Gasteiger partial charge in [-0.1, -0.05) is 36.2 Å². The Morgan fingerprint density at radius 3 is 2.81 bits per heavy atom. The molecule has 1 N–H and O–H groups in total. The minimum Gasteiger partial charge on any atom is -0.337 e. The van der Waals surface area contributed by atoms with Crippen LogP contribution in [0.15, 0.2) is 30.6 Å². The molecule has 1 aromatic heterocycles. The van der Waals surface area contributed by atoms with Crippen LogP contribution in [0.5, 0.6) is 0 Å². The third kappa shape index (κ3) is 2.44. The van der Waals surface area contributed by atoms with Gasteiger partial charge in [-0.2, -0.15) is 5.10 Å². The van der Waals surface area contributed by atoms with E-state index in [9.17, 15) is 4.79 Å². The Hall–Kier alpha value is -2.17. The van der Waals surface area contributed by atoms with Gasteiger partial charge in [-0.05, 0) is 25.3 Å². The topological polar surface area (TPSA) is 61.9 Å². The number of nitrogens with one attached hydrogen (secondary N) is 1. The maximum atomic E-state index is 12.9. The van der Waals surface area contributed by atoms with Crippen LogP contribution in [0.2, 0.25) is 0 Å².